The van der Waals surface area contributed by atoms with E-state index in [4.69, 9.17) is 9.47 Å². The molecular formula is C16H20BrNO7. The molecule has 0 aromatic heterocycles. The zero-order chi connectivity index (χ0) is 19.0. The van der Waals surface area contributed by atoms with E-state index in [1.807, 2.05) is 6.92 Å². The van der Waals surface area contributed by atoms with Gasteiger partial charge in [0.2, 0.25) is 0 Å². The quantitative estimate of drug-likeness (QED) is 0.593. The largest absolute Gasteiger partial charge is 0.493 e. The van der Waals surface area contributed by atoms with Crippen LogP contribution < -0.4 is 9.47 Å². The molecule has 0 aliphatic carbocycles. The van der Waals surface area contributed by atoms with Crippen molar-refractivity contribution in [3.63, 3.8) is 0 Å². The van der Waals surface area contributed by atoms with Crippen molar-refractivity contribution >= 4 is 33.8 Å². The third kappa shape index (κ3) is 5.63. The third-order valence-corrected chi connectivity index (χ3v) is 3.74. The first-order valence-corrected chi connectivity index (χ1v) is 8.10. The minimum atomic E-state index is -0.658. The number of carbonyl (C=O) groups excluding carboxylic acids is 3. The minimum Gasteiger partial charge on any atom is -0.493 e. The molecule has 0 radical (unpaired) electrons. The van der Waals surface area contributed by atoms with Crippen molar-refractivity contribution < 1.29 is 33.3 Å². The number of carbonyl (C=O) groups is 3. The lowest BCUT2D eigenvalue weighted by atomic mass is 10.1. The first-order chi connectivity index (χ1) is 11.9. The number of halogens is 1. The molecule has 0 saturated heterocycles. The fourth-order valence-electron chi connectivity index (χ4n) is 1.95. The Labute approximate surface area is 154 Å². The molecule has 0 unspecified atom stereocenters. The molecule has 0 N–H and O–H groups in total. The molecule has 0 saturated carbocycles. The van der Waals surface area contributed by atoms with E-state index in [1.165, 1.54) is 33.5 Å². The molecule has 0 heterocycles. The van der Waals surface area contributed by atoms with Crippen molar-refractivity contribution in [3.05, 3.63) is 22.2 Å². The van der Waals surface area contributed by atoms with Crippen LogP contribution in [-0.2, 0) is 19.1 Å². The van der Waals surface area contributed by atoms with Gasteiger partial charge in [-0.2, -0.15) is 0 Å². The predicted molar refractivity (Wildman–Crippen MR) is 91.8 cm³/mol. The van der Waals surface area contributed by atoms with Gasteiger partial charge in [0.15, 0.2) is 11.5 Å². The molecule has 0 spiro atoms. The SMILES string of the molecule is CCOc1c(Br)cc(C(=O)N(CC(=O)OC)CC(=O)OC)cc1OC. The number of nitrogens with zero attached hydrogens (tertiary/aromatic N) is 1. The van der Waals surface area contributed by atoms with Crippen LogP contribution in [0.4, 0.5) is 0 Å². The zero-order valence-corrected chi connectivity index (χ0v) is 16.0. The summed E-state index contributed by atoms with van der Waals surface area (Å²) in [6.07, 6.45) is 0. The number of esters is 2. The lowest BCUT2D eigenvalue weighted by Crippen LogP contribution is -2.40. The van der Waals surface area contributed by atoms with E-state index in [-0.39, 0.29) is 5.56 Å². The predicted octanol–water partition coefficient (Wildman–Crippen LogP) is 1.64. The van der Waals surface area contributed by atoms with Gasteiger partial charge in [0, 0.05) is 5.56 Å². The number of hydrogen-bond acceptors (Lipinski definition) is 7. The Balaban J connectivity index is 3.20. The second-order valence-corrected chi connectivity index (χ2v) is 5.59. The Morgan fingerprint density at radius 2 is 1.60 bits per heavy atom. The van der Waals surface area contributed by atoms with Gasteiger partial charge in [0.05, 0.1) is 32.4 Å². The highest BCUT2D eigenvalue weighted by Gasteiger charge is 2.24. The average molecular weight is 418 g/mol. The summed E-state index contributed by atoms with van der Waals surface area (Å²) < 4.78 is 20.4. The first kappa shape index (κ1) is 20.8. The molecule has 25 heavy (non-hydrogen) atoms. The van der Waals surface area contributed by atoms with Crippen LogP contribution in [0.25, 0.3) is 0 Å². The number of rotatable bonds is 8. The molecule has 0 fully saturated rings. The fourth-order valence-corrected chi connectivity index (χ4v) is 2.51. The highest BCUT2D eigenvalue weighted by Crippen LogP contribution is 2.37. The highest BCUT2D eigenvalue weighted by atomic mass is 79.9. The van der Waals surface area contributed by atoms with Crippen molar-refractivity contribution in [2.45, 2.75) is 6.92 Å². The number of ether oxygens (including phenoxy) is 4. The molecule has 1 aromatic rings. The fraction of sp³-hybridized carbons (Fsp3) is 0.438. The van der Waals surface area contributed by atoms with Gasteiger partial charge >= 0.3 is 11.9 Å². The van der Waals surface area contributed by atoms with Crippen molar-refractivity contribution in [1.82, 2.24) is 4.90 Å². The van der Waals surface area contributed by atoms with E-state index in [0.29, 0.717) is 22.6 Å². The van der Waals surface area contributed by atoms with Crippen LogP contribution in [0.5, 0.6) is 11.5 Å². The second-order valence-electron chi connectivity index (χ2n) is 4.74. The summed E-state index contributed by atoms with van der Waals surface area (Å²) in [5.41, 5.74) is 0.208. The Morgan fingerprint density at radius 3 is 2.04 bits per heavy atom. The van der Waals surface area contributed by atoms with E-state index >= 15 is 0 Å². The van der Waals surface area contributed by atoms with Crippen LogP contribution >= 0.6 is 15.9 Å². The van der Waals surface area contributed by atoms with Crippen molar-refractivity contribution in [3.8, 4) is 11.5 Å². The third-order valence-electron chi connectivity index (χ3n) is 3.15. The maximum atomic E-state index is 12.7. The van der Waals surface area contributed by atoms with Crippen LogP contribution in [0.2, 0.25) is 0 Å². The molecule has 0 bridgehead atoms. The van der Waals surface area contributed by atoms with Gasteiger partial charge in [0.1, 0.15) is 13.1 Å². The monoisotopic (exact) mass is 417 g/mol. The highest BCUT2D eigenvalue weighted by molar-refractivity contribution is 9.10. The number of methoxy groups -OCH3 is 3. The van der Waals surface area contributed by atoms with Gasteiger partial charge in [-0.15, -0.1) is 0 Å². The van der Waals surface area contributed by atoms with E-state index in [2.05, 4.69) is 25.4 Å². The molecule has 1 amide bonds. The molecule has 9 heteroatoms. The molecule has 1 aromatic carbocycles. The molecule has 1 rings (SSSR count). The molecule has 138 valence electrons. The molecule has 0 aliphatic heterocycles. The standard InChI is InChI=1S/C16H20BrNO7/c1-5-25-15-11(17)6-10(7-12(15)22-2)16(21)18(8-13(19)23-3)9-14(20)24-4/h6-7H,5,8-9H2,1-4H3. The first-order valence-electron chi connectivity index (χ1n) is 7.31. The van der Waals surface area contributed by atoms with Crippen molar-refractivity contribution in [2.75, 3.05) is 41.0 Å². The van der Waals surface area contributed by atoms with Crippen LogP contribution in [0, 0.1) is 0 Å². The van der Waals surface area contributed by atoms with Gasteiger partial charge in [0.25, 0.3) is 5.91 Å². The Bertz CT molecular complexity index is 630. The van der Waals surface area contributed by atoms with Crippen LogP contribution in [-0.4, -0.2) is 63.8 Å². The van der Waals surface area contributed by atoms with Crippen LogP contribution in [0.1, 0.15) is 17.3 Å². The number of hydrogen-bond donors (Lipinski definition) is 0. The lowest BCUT2D eigenvalue weighted by molar-refractivity contribution is -0.144. The smallest absolute Gasteiger partial charge is 0.325 e. The molecule has 0 atom stereocenters. The molecule has 8 nitrogen and oxygen atoms in total. The Morgan fingerprint density at radius 1 is 1.04 bits per heavy atom. The van der Waals surface area contributed by atoms with Crippen LogP contribution in [0.3, 0.4) is 0 Å². The van der Waals surface area contributed by atoms with E-state index in [0.717, 1.165) is 4.90 Å². The topological polar surface area (TPSA) is 91.4 Å². The Hall–Kier alpha value is -2.29. The maximum absolute atomic E-state index is 12.7. The number of benzene rings is 1. The van der Waals surface area contributed by atoms with Gasteiger partial charge in [-0.05, 0) is 35.0 Å². The van der Waals surface area contributed by atoms with Crippen molar-refractivity contribution in [2.24, 2.45) is 0 Å². The summed E-state index contributed by atoms with van der Waals surface area (Å²) in [6.45, 7) is 1.45. The summed E-state index contributed by atoms with van der Waals surface area (Å²) in [4.78, 5) is 36.8. The summed E-state index contributed by atoms with van der Waals surface area (Å²) in [5, 5.41) is 0. The summed E-state index contributed by atoms with van der Waals surface area (Å²) in [6, 6.07) is 3.00. The number of amides is 1. The van der Waals surface area contributed by atoms with Gasteiger partial charge in [-0.25, -0.2) is 0 Å². The average Bonchev–Trinajstić information content (AvgIpc) is 2.61. The molecule has 0 aliphatic rings. The summed E-state index contributed by atoms with van der Waals surface area (Å²) >= 11 is 3.33. The lowest BCUT2D eigenvalue weighted by Gasteiger charge is -2.21. The maximum Gasteiger partial charge on any atom is 0.325 e. The van der Waals surface area contributed by atoms with Crippen molar-refractivity contribution in [1.29, 1.82) is 0 Å². The van der Waals surface area contributed by atoms with Gasteiger partial charge in [-0.3, -0.25) is 14.4 Å². The minimum absolute atomic E-state index is 0.208. The van der Waals surface area contributed by atoms with E-state index in [9.17, 15) is 14.4 Å². The normalized spacial score (nSPS) is 9.96. The van der Waals surface area contributed by atoms with Gasteiger partial charge in [-0.1, -0.05) is 0 Å². The summed E-state index contributed by atoms with van der Waals surface area (Å²) in [5.74, 6) is -1.08. The van der Waals surface area contributed by atoms with Crippen LogP contribution in [0.15, 0.2) is 16.6 Å². The van der Waals surface area contributed by atoms with E-state index < -0.39 is 30.9 Å². The molecular weight excluding hydrogens is 398 g/mol. The Kier molecular flexibility index (Phi) is 8.20. The zero-order valence-electron chi connectivity index (χ0n) is 14.5. The summed E-state index contributed by atoms with van der Waals surface area (Å²) in [7, 11) is 3.83. The second kappa shape index (κ2) is 9.87. The van der Waals surface area contributed by atoms with Gasteiger partial charge < -0.3 is 23.8 Å². The van der Waals surface area contributed by atoms with E-state index in [1.54, 1.807) is 0 Å².